The predicted octanol–water partition coefficient (Wildman–Crippen LogP) is 3.60. The van der Waals surface area contributed by atoms with Gasteiger partial charge in [0.05, 0.1) is 15.5 Å². The minimum atomic E-state index is -3.82. The number of nitrogens with zero attached hydrogens (tertiary/aromatic N) is 3. The largest absolute Gasteiger partial charge is 0.295 e. The average Bonchev–Trinajstić information content (AvgIpc) is 2.67. The normalized spacial score (nSPS) is 12.2. The molecule has 0 amide bonds. The van der Waals surface area contributed by atoms with Crippen molar-refractivity contribution in [2.75, 3.05) is 18.5 Å². The van der Waals surface area contributed by atoms with Gasteiger partial charge in [0.2, 0.25) is 10.0 Å². The lowest BCUT2D eigenvalue weighted by molar-refractivity contribution is -0.384. The van der Waals surface area contributed by atoms with Crippen LogP contribution in [0.2, 0.25) is 0 Å². The van der Waals surface area contributed by atoms with Crippen LogP contribution in [0.1, 0.15) is 26.3 Å². The fraction of sp³-hybridized carbons (Fsp3) is 0.278. The first-order valence-corrected chi connectivity index (χ1v) is 9.99. The fourth-order valence-electron chi connectivity index (χ4n) is 2.53. The number of halogens is 1. The van der Waals surface area contributed by atoms with E-state index in [0.29, 0.717) is 11.3 Å². The van der Waals surface area contributed by atoms with Gasteiger partial charge in [-0.25, -0.2) is 12.8 Å². The molecule has 8 nitrogen and oxygen atoms in total. The Morgan fingerprint density at radius 2 is 1.79 bits per heavy atom. The van der Waals surface area contributed by atoms with Crippen LogP contribution in [0, 0.1) is 15.9 Å². The minimum Gasteiger partial charge on any atom is -0.271 e. The lowest BCUT2D eigenvalue weighted by Gasteiger charge is -2.18. The number of nitro groups is 1. The van der Waals surface area contributed by atoms with Crippen molar-refractivity contribution < 1.29 is 17.7 Å². The zero-order valence-electron chi connectivity index (χ0n) is 15.7. The van der Waals surface area contributed by atoms with Gasteiger partial charge in [0.25, 0.3) is 5.69 Å². The summed E-state index contributed by atoms with van der Waals surface area (Å²) in [5.41, 5.74) is 3.34. The highest BCUT2D eigenvalue weighted by atomic mass is 32.2. The van der Waals surface area contributed by atoms with Crippen molar-refractivity contribution in [1.82, 2.24) is 4.31 Å². The first kappa shape index (κ1) is 21.5. The van der Waals surface area contributed by atoms with Crippen LogP contribution in [0.4, 0.5) is 15.8 Å². The van der Waals surface area contributed by atoms with Crippen molar-refractivity contribution in [2.45, 2.75) is 25.7 Å². The second-order valence-corrected chi connectivity index (χ2v) is 7.78. The second kappa shape index (κ2) is 8.89. The monoisotopic (exact) mass is 408 g/mol. The summed E-state index contributed by atoms with van der Waals surface area (Å²) in [4.78, 5) is 10.6. The van der Waals surface area contributed by atoms with Crippen molar-refractivity contribution >= 4 is 27.1 Å². The summed E-state index contributed by atoms with van der Waals surface area (Å²) in [5.74, 6) is -0.384. The smallest absolute Gasteiger partial charge is 0.271 e. The first-order chi connectivity index (χ1) is 13.2. The molecule has 0 saturated carbocycles. The van der Waals surface area contributed by atoms with E-state index < -0.39 is 20.6 Å². The van der Waals surface area contributed by atoms with Gasteiger partial charge >= 0.3 is 0 Å². The van der Waals surface area contributed by atoms with E-state index in [2.05, 4.69) is 10.5 Å². The van der Waals surface area contributed by atoms with Gasteiger partial charge in [-0.1, -0.05) is 26.0 Å². The zero-order chi connectivity index (χ0) is 20.9. The Morgan fingerprint density at radius 3 is 2.32 bits per heavy atom. The second-order valence-electron chi connectivity index (χ2n) is 5.84. The third-order valence-corrected chi connectivity index (χ3v) is 6.16. The SMILES string of the molecule is CCN(CC)S(=O)(=O)c1ccc(NN=C(C)c2ccc(F)cc2)c([N+](=O)[O-])c1. The Labute approximate surface area is 162 Å². The molecule has 0 aliphatic carbocycles. The number of hydrogen-bond donors (Lipinski definition) is 1. The molecule has 0 aliphatic heterocycles. The van der Waals surface area contributed by atoms with Crippen LogP contribution in [-0.2, 0) is 10.0 Å². The van der Waals surface area contributed by atoms with Crippen molar-refractivity contribution in [3.8, 4) is 0 Å². The molecule has 150 valence electrons. The number of anilines is 1. The summed E-state index contributed by atoms with van der Waals surface area (Å²) >= 11 is 0. The molecule has 10 heteroatoms. The summed E-state index contributed by atoms with van der Waals surface area (Å²) in [6, 6.07) is 9.24. The molecule has 2 rings (SSSR count). The van der Waals surface area contributed by atoms with Gasteiger partial charge < -0.3 is 0 Å². The van der Waals surface area contributed by atoms with E-state index in [4.69, 9.17) is 0 Å². The van der Waals surface area contributed by atoms with Crippen LogP contribution < -0.4 is 5.43 Å². The summed E-state index contributed by atoms with van der Waals surface area (Å²) in [6.45, 7) is 5.56. The number of hydrazone groups is 1. The number of benzene rings is 2. The van der Waals surface area contributed by atoms with Crippen molar-refractivity contribution in [3.05, 3.63) is 64.0 Å². The van der Waals surface area contributed by atoms with Gasteiger partial charge in [0.15, 0.2) is 0 Å². The molecule has 0 radical (unpaired) electrons. The van der Waals surface area contributed by atoms with Crippen LogP contribution in [0.15, 0.2) is 52.5 Å². The lowest BCUT2D eigenvalue weighted by atomic mass is 10.1. The van der Waals surface area contributed by atoms with Crippen molar-refractivity contribution in [2.24, 2.45) is 5.10 Å². The van der Waals surface area contributed by atoms with Gasteiger partial charge in [-0.3, -0.25) is 15.5 Å². The van der Waals surface area contributed by atoms with Crippen LogP contribution >= 0.6 is 0 Å². The summed E-state index contributed by atoms with van der Waals surface area (Å²) in [6.07, 6.45) is 0. The minimum absolute atomic E-state index is 0.0463. The number of rotatable bonds is 8. The molecular weight excluding hydrogens is 387 g/mol. The maximum atomic E-state index is 13.0. The molecule has 0 heterocycles. The number of hydrogen-bond acceptors (Lipinski definition) is 6. The van der Waals surface area contributed by atoms with E-state index in [1.54, 1.807) is 20.8 Å². The van der Waals surface area contributed by atoms with Gasteiger partial charge in [-0.2, -0.15) is 9.41 Å². The van der Waals surface area contributed by atoms with Crippen LogP contribution in [0.3, 0.4) is 0 Å². The third kappa shape index (κ3) is 4.70. The molecule has 0 spiro atoms. The van der Waals surface area contributed by atoms with E-state index in [1.165, 1.54) is 40.7 Å². The molecule has 0 fully saturated rings. The topological polar surface area (TPSA) is 105 Å². The van der Waals surface area contributed by atoms with Gasteiger partial charge in [-0.15, -0.1) is 0 Å². The van der Waals surface area contributed by atoms with Crippen LogP contribution in [-0.4, -0.2) is 36.4 Å². The molecule has 2 aromatic carbocycles. The highest BCUT2D eigenvalue weighted by Gasteiger charge is 2.25. The Morgan fingerprint density at radius 1 is 1.18 bits per heavy atom. The van der Waals surface area contributed by atoms with E-state index in [0.717, 1.165) is 6.07 Å². The van der Waals surface area contributed by atoms with E-state index in [1.807, 2.05) is 0 Å². The Balaban J connectivity index is 2.37. The van der Waals surface area contributed by atoms with E-state index in [9.17, 15) is 22.9 Å². The standard InChI is InChI=1S/C18H21FN4O4S/c1-4-22(5-2)28(26,27)16-10-11-17(18(12-16)23(24)25)21-20-13(3)14-6-8-15(19)9-7-14/h6-12,21H,4-5H2,1-3H3. The number of sulfonamides is 1. The average molecular weight is 408 g/mol. The van der Waals surface area contributed by atoms with Gasteiger partial charge in [0.1, 0.15) is 11.5 Å². The quantitative estimate of drug-likeness (QED) is 0.408. The number of nitro benzene ring substituents is 1. The first-order valence-electron chi connectivity index (χ1n) is 8.55. The van der Waals surface area contributed by atoms with E-state index in [-0.39, 0.29) is 29.5 Å². The maximum Gasteiger partial charge on any atom is 0.295 e. The van der Waals surface area contributed by atoms with E-state index >= 15 is 0 Å². The zero-order valence-corrected chi connectivity index (χ0v) is 16.5. The molecule has 2 aromatic rings. The highest BCUT2D eigenvalue weighted by molar-refractivity contribution is 7.89. The summed E-state index contributed by atoms with van der Waals surface area (Å²) in [5, 5.41) is 15.5. The molecule has 0 aliphatic rings. The highest BCUT2D eigenvalue weighted by Crippen LogP contribution is 2.29. The molecular formula is C18H21FN4O4S. The molecule has 0 bridgehead atoms. The lowest BCUT2D eigenvalue weighted by Crippen LogP contribution is -2.30. The Bertz CT molecular complexity index is 987. The van der Waals surface area contributed by atoms with Crippen molar-refractivity contribution in [1.29, 1.82) is 0 Å². The molecule has 0 aromatic heterocycles. The van der Waals surface area contributed by atoms with Crippen LogP contribution in [0.25, 0.3) is 0 Å². The maximum absolute atomic E-state index is 13.0. The fourth-order valence-corrected chi connectivity index (χ4v) is 4.01. The van der Waals surface area contributed by atoms with Crippen LogP contribution in [0.5, 0.6) is 0 Å². The molecule has 28 heavy (non-hydrogen) atoms. The van der Waals surface area contributed by atoms with Crippen molar-refractivity contribution in [3.63, 3.8) is 0 Å². The molecule has 0 atom stereocenters. The van der Waals surface area contributed by atoms with Gasteiger partial charge in [0, 0.05) is 19.2 Å². The molecule has 0 unspecified atom stereocenters. The molecule has 0 saturated heterocycles. The van der Waals surface area contributed by atoms with Gasteiger partial charge in [-0.05, 0) is 36.8 Å². The predicted molar refractivity (Wildman–Crippen MR) is 105 cm³/mol. The molecule has 1 N–H and O–H groups in total. The third-order valence-electron chi connectivity index (χ3n) is 4.12. The summed E-state index contributed by atoms with van der Waals surface area (Å²) in [7, 11) is -3.82. The summed E-state index contributed by atoms with van der Waals surface area (Å²) < 4.78 is 39.4. The number of nitrogens with one attached hydrogen (secondary N) is 1. The Hall–Kier alpha value is -2.85. The Kier molecular flexibility index (Phi) is 6.81.